The van der Waals surface area contributed by atoms with Crippen LogP contribution in [0.5, 0.6) is 0 Å². The number of nitrogens with zero attached hydrogens (tertiary/aromatic N) is 3. The highest BCUT2D eigenvalue weighted by Crippen LogP contribution is 2.19. The lowest BCUT2D eigenvalue weighted by molar-refractivity contribution is 0.277. The van der Waals surface area contributed by atoms with Crippen LogP contribution >= 0.6 is 11.6 Å². The van der Waals surface area contributed by atoms with Crippen molar-refractivity contribution in [2.75, 3.05) is 6.61 Å². The van der Waals surface area contributed by atoms with E-state index in [1.165, 1.54) is 4.57 Å². The van der Waals surface area contributed by atoms with Crippen LogP contribution in [0.1, 0.15) is 38.3 Å². The lowest BCUT2D eigenvalue weighted by atomic mass is 10.1. The Morgan fingerprint density at radius 3 is 2.34 bits per heavy atom. The van der Waals surface area contributed by atoms with Gasteiger partial charge in [-0.1, -0.05) is 60.2 Å². The van der Waals surface area contributed by atoms with Gasteiger partial charge >= 0.3 is 5.69 Å². The van der Waals surface area contributed by atoms with Gasteiger partial charge in [0.1, 0.15) is 11.6 Å². The summed E-state index contributed by atoms with van der Waals surface area (Å²) in [6.45, 7) is 15.0. The fraction of sp³-hybridized carbons (Fsp3) is 0.300. The van der Waals surface area contributed by atoms with Crippen LogP contribution in [0.25, 0.3) is 0 Å². The van der Waals surface area contributed by atoms with Gasteiger partial charge in [0.25, 0.3) is 5.56 Å². The van der Waals surface area contributed by atoms with Crippen molar-refractivity contribution in [1.29, 1.82) is 0 Å². The van der Waals surface area contributed by atoms with Gasteiger partial charge in [-0.2, -0.15) is 4.99 Å². The monoisotopic (exact) mass is 537 g/mol. The van der Waals surface area contributed by atoms with Crippen LogP contribution in [-0.2, 0) is 24.8 Å². The third-order valence-corrected chi connectivity index (χ3v) is 5.77. The molecule has 0 saturated heterocycles. The summed E-state index contributed by atoms with van der Waals surface area (Å²) in [6, 6.07) is 7.52. The molecule has 1 aromatic heterocycles. The third-order valence-electron chi connectivity index (χ3n) is 5.51. The van der Waals surface area contributed by atoms with Gasteiger partial charge in [0.15, 0.2) is 0 Å². The second kappa shape index (κ2) is 14.3. The van der Waals surface area contributed by atoms with Crippen LogP contribution in [0.4, 0.5) is 5.82 Å². The Kier molecular flexibility index (Phi) is 11.5. The molecule has 2 aromatic rings. The summed E-state index contributed by atoms with van der Waals surface area (Å²) in [6.07, 6.45) is 8.18. The average molecular weight is 538 g/mol. The molecule has 0 fully saturated rings. The molecule has 0 bridgehead atoms. The van der Waals surface area contributed by atoms with Crippen LogP contribution in [0.3, 0.4) is 0 Å². The SMILES string of the molecule is C=C(C)/C=C\C(=C/C(=C)C)OC(=Nc1c(C)c(=O)n(CCCO)c(=O)n1C)/C(C)=C\Cc1ccc(Cl)cc1. The van der Waals surface area contributed by atoms with E-state index >= 15 is 0 Å². The summed E-state index contributed by atoms with van der Waals surface area (Å²) < 4.78 is 8.67. The number of rotatable bonds is 11. The first kappa shape index (κ1) is 30.5. The summed E-state index contributed by atoms with van der Waals surface area (Å²) in [5, 5.41) is 9.81. The van der Waals surface area contributed by atoms with Crippen molar-refractivity contribution in [3.05, 3.63) is 121 Å². The quantitative estimate of drug-likeness (QED) is 0.172. The van der Waals surface area contributed by atoms with Gasteiger partial charge in [-0.05, 0) is 70.4 Å². The molecule has 7 nitrogen and oxygen atoms in total. The van der Waals surface area contributed by atoms with E-state index in [1.54, 1.807) is 26.1 Å². The van der Waals surface area contributed by atoms with Crippen LogP contribution < -0.4 is 11.2 Å². The van der Waals surface area contributed by atoms with Crippen molar-refractivity contribution >= 4 is 23.3 Å². The van der Waals surface area contributed by atoms with Gasteiger partial charge in [0, 0.05) is 30.8 Å². The molecule has 0 spiro atoms. The zero-order chi connectivity index (χ0) is 28.4. The van der Waals surface area contributed by atoms with Crippen molar-refractivity contribution in [2.45, 2.75) is 47.1 Å². The number of aliphatic hydroxyl groups is 1. The number of aromatic nitrogens is 2. The standard InChI is InChI=1S/C30H36ClN3O4/c1-20(2)9-16-26(19-21(3)4)38-28(22(5)10-11-24-12-14-25(31)15-13-24)32-27-23(6)29(36)34(17-8-18-35)30(37)33(27)7/h9-10,12-16,19,35H,1,3,8,11,17-18H2,2,4-7H3/b16-9-,22-10-,26-19+,32-28?. The first-order valence-corrected chi connectivity index (χ1v) is 12.6. The largest absolute Gasteiger partial charge is 0.439 e. The van der Waals surface area contributed by atoms with Gasteiger partial charge in [0.05, 0.1) is 5.56 Å². The second-order valence-electron chi connectivity index (χ2n) is 9.13. The molecule has 1 heterocycles. The molecule has 0 saturated carbocycles. The number of halogens is 1. The topological polar surface area (TPSA) is 85.8 Å². The lowest BCUT2D eigenvalue weighted by Gasteiger charge is -2.15. The van der Waals surface area contributed by atoms with Crippen molar-refractivity contribution in [1.82, 2.24) is 9.13 Å². The number of hydrogen-bond donors (Lipinski definition) is 1. The Morgan fingerprint density at radius 1 is 1.11 bits per heavy atom. The highest BCUT2D eigenvalue weighted by molar-refractivity contribution is 6.30. The third kappa shape index (κ3) is 8.71. The molecule has 0 amide bonds. The van der Waals surface area contributed by atoms with Crippen LogP contribution in [0.15, 0.2) is 98.8 Å². The van der Waals surface area contributed by atoms with E-state index in [-0.39, 0.29) is 24.9 Å². The summed E-state index contributed by atoms with van der Waals surface area (Å²) in [4.78, 5) is 30.6. The Labute approximate surface area is 229 Å². The van der Waals surface area contributed by atoms with Gasteiger partial charge < -0.3 is 9.84 Å². The summed E-state index contributed by atoms with van der Waals surface area (Å²) in [7, 11) is 1.55. The summed E-state index contributed by atoms with van der Waals surface area (Å²) in [5.41, 5.74) is 2.66. The number of allylic oxidation sites excluding steroid dienone is 6. The van der Waals surface area contributed by atoms with Crippen molar-refractivity contribution in [3.63, 3.8) is 0 Å². The number of benzene rings is 1. The maximum absolute atomic E-state index is 13.0. The van der Waals surface area contributed by atoms with Crippen LogP contribution in [0.2, 0.25) is 5.02 Å². The first-order valence-electron chi connectivity index (χ1n) is 12.2. The Bertz CT molecular complexity index is 1380. The number of ether oxygens (including phenoxy) is 1. The molecule has 0 aliphatic heterocycles. The molecule has 38 heavy (non-hydrogen) atoms. The lowest BCUT2D eigenvalue weighted by Crippen LogP contribution is -2.40. The number of aliphatic hydroxyl groups excluding tert-OH is 1. The molecule has 0 radical (unpaired) electrons. The number of hydrogen-bond acceptors (Lipinski definition) is 5. The van der Waals surface area contributed by atoms with E-state index in [0.717, 1.165) is 21.3 Å². The second-order valence-corrected chi connectivity index (χ2v) is 9.57. The fourth-order valence-electron chi connectivity index (χ4n) is 3.45. The molecule has 2 rings (SSSR count). The molecule has 8 heteroatoms. The predicted octanol–water partition coefficient (Wildman–Crippen LogP) is 5.72. The van der Waals surface area contributed by atoms with E-state index in [1.807, 2.05) is 57.2 Å². The minimum atomic E-state index is -0.519. The van der Waals surface area contributed by atoms with Crippen molar-refractivity contribution < 1.29 is 9.84 Å². The maximum atomic E-state index is 13.0. The highest BCUT2D eigenvalue weighted by Gasteiger charge is 2.16. The number of aliphatic imine (C=N–C) groups is 1. The van der Waals surface area contributed by atoms with Gasteiger partial charge in [0.2, 0.25) is 5.90 Å². The zero-order valence-electron chi connectivity index (χ0n) is 22.8. The molecule has 1 N–H and O–H groups in total. The smallest absolute Gasteiger partial charge is 0.332 e. The molecule has 0 aliphatic rings. The first-order chi connectivity index (χ1) is 17.9. The predicted molar refractivity (Wildman–Crippen MR) is 156 cm³/mol. The van der Waals surface area contributed by atoms with E-state index in [4.69, 9.17) is 21.4 Å². The molecule has 0 unspecified atom stereocenters. The fourth-order valence-corrected chi connectivity index (χ4v) is 3.58. The molecule has 0 aliphatic carbocycles. The molecular weight excluding hydrogens is 502 g/mol. The molecule has 202 valence electrons. The highest BCUT2D eigenvalue weighted by atomic mass is 35.5. The summed E-state index contributed by atoms with van der Waals surface area (Å²) in [5.74, 6) is 0.883. The molecule has 0 atom stereocenters. The maximum Gasteiger partial charge on any atom is 0.332 e. The zero-order valence-corrected chi connectivity index (χ0v) is 23.5. The van der Waals surface area contributed by atoms with Gasteiger partial charge in [-0.15, -0.1) is 0 Å². The minimum Gasteiger partial charge on any atom is -0.439 e. The van der Waals surface area contributed by atoms with E-state index < -0.39 is 11.2 Å². The minimum absolute atomic E-state index is 0.118. The molecule has 1 aromatic carbocycles. The molecular formula is C30H36ClN3O4. The Morgan fingerprint density at radius 2 is 1.76 bits per heavy atom. The van der Waals surface area contributed by atoms with Crippen LogP contribution in [0, 0.1) is 6.92 Å². The van der Waals surface area contributed by atoms with Crippen molar-refractivity contribution in [2.24, 2.45) is 12.0 Å². The van der Waals surface area contributed by atoms with Crippen LogP contribution in [-0.4, -0.2) is 26.7 Å². The van der Waals surface area contributed by atoms with Crippen molar-refractivity contribution in [3.8, 4) is 0 Å². The Hall–Kier alpha value is -3.68. The van der Waals surface area contributed by atoms with Gasteiger partial charge in [-0.25, -0.2) is 4.79 Å². The van der Waals surface area contributed by atoms with E-state index in [2.05, 4.69) is 18.2 Å². The van der Waals surface area contributed by atoms with Gasteiger partial charge in [-0.3, -0.25) is 13.9 Å². The van der Waals surface area contributed by atoms with E-state index in [9.17, 15) is 9.59 Å². The Balaban J connectivity index is 2.68. The van der Waals surface area contributed by atoms with E-state index in [0.29, 0.717) is 34.8 Å². The average Bonchev–Trinajstić information content (AvgIpc) is 2.87. The normalized spacial score (nSPS) is 12.8. The summed E-state index contributed by atoms with van der Waals surface area (Å²) >= 11 is 6.01.